The van der Waals surface area contributed by atoms with Gasteiger partial charge in [-0.25, -0.2) is 8.42 Å². The second-order valence-corrected chi connectivity index (χ2v) is 8.87. The van der Waals surface area contributed by atoms with Gasteiger partial charge in [-0.05, 0) is 43.4 Å². The number of hydrogen-bond donors (Lipinski definition) is 0. The van der Waals surface area contributed by atoms with Gasteiger partial charge in [0.15, 0.2) is 5.78 Å². The Morgan fingerprint density at radius 2 is 1.67 bits per heavy atom. The van der Waals surface area contributed by atoms with Gasteiger partial charge in [0.05, 0.1) is 11.5 Å². The van der Waals surface area contributed by atoms with Crippen LogP contribution in [0.4, 0.5) is 0 Å². The minimum Gasteiger partial charge on any atom is -0.376 e. The lowest BCUT2D eigenvalue weighted by Crippen LogP contribution is -2.39. The van der Waals surface area contributed by atoms with Crippen LogP contribution in [0.5, 0.6) is 0 Å². The van der Waals surface area contributed by atoms with E-state index in [2.05, 4.69) is 0 Å². The molecule has 144 valence electrons. The molecule has 2 aromatic rings. The average molecular weight is 388 g/mol. The van der Waals surface area contributed by atoms with Crippen molar-refractivity contribution in [2.24, 2.45) is 5.92 Å². The first kappa shape index (κ1) is 19.7. The van der Waals surface area contributed by atoms with Gasteiger partial charge in [-0.2, -0.15) is 4.31 Å². The molecule has 2 aromatic carbocycles. The Hall–Kier alpha value is -2.02. The zero-order chi connectivity index (χ0) is 19.3. The van der Waals surface area contributed by atoms with Crippen molar-refractivity contribution in [2.45, 2.75) is 31.3 Å². The van der Waals surface area contributed by atoms with Crippen molar-refractivity contribution >= 4 is 15.8 Å². The van der Waals surface area contributed by atoms with E-state index in [1.807, 2.05) is 30.3 Å². The zero-order valence-corrected chi connectivity index (χ0v) is 16.3. The molecule has 0 bridgehead atoms. The number of hydrogen-bond acceptors (Lipinski definition) is 4. The van der Waals surface area contributed by atoms with E-state index in [-0.39, 0.29) is 10.7 Å². The number of piperidine rings is 1. The molecular formula is C21H25NO4S. The first-order chi connectivity index (χ1) is 13.0. The normalized spacial score (nSPS) is 16.3. The fraction of sp³-hybridized carbons (Fsp3) is 0.381. The number of ether oxygens (including phenoxy) is 1. The molecule has 0 N–H and O–H groups in total. The highest BCUT2D eigenvalue weighted by Gasteiger charge is 2.29. The van der Waals surface area contributed by atoms with Crippen LogP contribution in [-0.4, -0.2) is 38.2 Å². The van der Waals surface area contributed by atoms with Gasteiger partial charge in [0.25, 0.3) is 0 Å². The van der Waals surface area contributed by atoms with Crippen molar-refractivity contribution in [3.8, 4) is 0 Å². The summed E-state index contributed by atoms with van der Waals surface area (Å²) in [4.78, 5) is 11.6. The summed E-state index contributed by atoms with van der Waals surface area (Å²) in [6.07, 6.45) is 1.58. The first-order valence-corrected chi connectivity index (χ1v) is 10.6. The Labute approximate surface area is 161 Å². The molecule has 1 aliphatic rings. The van der Waals surface area contributed by atoms with Crippen molar-refractivity contribution in [3.63, 3.8) is 0 Å². The number of sulfonamides is 1. The highest BCUT2D eigenvalue weighted by Crippen LogP contribution is 2.24. The van der Waals surface area contributed by atoms with Crippen molar-refractivity contribution in [3.05, 3.63) is 65.7 Å². The highest BCUT2D eigenvalue weighted by molar-refractivity contribution is 7.89. The summed E-state index contributed by atoms with van der Waals surface area (Å²) in [6, 6.07) is 16.2. The Morgan fingerprint density at radius 3 is 2.26 bits per heavy atom. The Bertz CT molecular complexity index is 855. The molecule has 5 nitrogen and oxygen atoms in total. The van der Waals surface area contributed by atoms with Crippen molar-refractivity contribution in [2.75, 3.05) is 19.7 Å². The van der Waals surface area contributed by atoms with Gasteiger partial charge < -0.3 is 4.74 Å². The molecule has 0 radical (unpaired) electrons. The van der Waals surface area contributed by atoms with Crippen molar-refractivity contribution in [1.29, 1.82) is 0 Å². The average Bonchev–Trinajstić information content (AvgIpc) is 2.69. The Balaban J connectivity index is 1.51. The molecule has 3 rings (SSSR count). The molecule has 0 aromatic heterocycles. The number of carbonyl (C=O) groups excluding carboxylic acids is 1. The maximum absolute atomic E-state index is 12.8. The van der Waals surface area contributed by atoms with Crippen LogP contribution in [0.2, 0.25) is 0 Å². The minimum atomic E-state index is -3.51. The van der Waals surface area contributed by atoms with Crippen LogP contribution in [0.3, 0.4) is 0 Å². The lowest BCUT2D eigenvalue weighted by Gasteiger charge is -2.31. The third-order valence-electron chi connectivity index (χ3n) is 4.94. The smallest absolute Gasteiger partial charge is 0.243 e. The molecule has 1 saturated heterocycles. The lowest BCUT2D eigenvalue weighted by molar-refractivity contribution is 0.0688. The number of benzene rings is 2. The molecule has 6 heteroatoms. The van der Waals surface area contributed by atoms with Crippen molar-refractivity contribution in [1.82, 2.24) is 4.31 Å². The monoisotopic (exact) mass is 387 g/mol. The van der Waals surface area contributed by atoms with Crippen LogP contribution >= 0.6 is 0 Å². The molecule has 1 heterocycles. The Kier molecular flexibility index (Phi) is 6.42. The topological polar surface area (TPSA) is 63.7 Å². The Morgan fingerprint density at radius 1 is 1.04 bits per heavy atom. The molecule has 0 atom stereocenters. The SMILES string of the molecule is CC(=O)c1ccc(S(=O)(=O)N2CCC(COCc3ccccc3)CC2)cc1. The predicted molar refractivity (Wildman–Crippen MR) is 104 cm³/mol. The van der Waals surface area contributed by atoms with E-state index in [9.17, 15) is 13.2 Å². The van der Waals surface area contributed by atoms with E-state index < -0.39 is 10.0 Å². The summed E-state index contributed by atoms with van der Waals surface area (Å²) in [6.45, 7) is 3.69. The first-order valence-electron chi connectivity index (χ1n) is 9.19. The van der Waals surface area contributed by atoms with E-state index in [1.165, 1.54) is 23.4 Å². The number of nitrogens with zero attached hydrogens (tertiary/aromatic N) is 1. The van der Waals surface area contributed by atoms with Crippen LogP contribution in [0.25, 0.3) is 0 Å². The summed E-state index contributed by atoms with van der Waals surface area (Å²) in [7, 11) is -3.51. The van der Waals surface area contributed by atoms with Crippen LogP contribution in [0, 0.1) is 5.92 Å². The van der Waals surface area contributed by atoms with Gasteiger partial charge in [0.2, 0.25) is 10.0 Å². The molecular weight excluding hydrogens is 362 g/mol. The third kappa shape index (κ3) is 5.03. The van der Waals surface area contributed by atoms with Crippen LogP contribution in [0.1, 0.15) is 35.7 Å². The van der Waals surface area contributed by atoms with Crippen LogP contribution in [-0.2, 0) is 21.4 Å². The fourth-order valence-corrected chi connectivity index (χ4v) is 4.71. The third-order valence-corrected chi connectivity index (χ3v) is 6.85. The van der Waals surface area contributed by atoms with E-state index in [4.69, 9.17) is 4.74 Å². The standard InChI is InChI=1S/C21H25NO4S/c1-17(23)20-7-9-21(10-8-20)27(24,25)22-13-11-19(12-14-22)16-26-15-18-5-3-2-4-6-18/h2-10,19H,11-16H2,1H3. The molecule has 0 unspecified atom stereocenters. The van der Waals surface area contributed by atoms with Crippen LogP contribution < -0.4 is 0 Å². The van der Waals surface area contributed by atoms with E-state index >= 15 is 0 Å². The van der Waals surface area contributed by atoms with E-state index in [0.29, 0.717) is 37.8 Å². The summed E-state index contributed by atoms with van der Waals surface area (Å²) in [5.74, 6) is 0.301. The second-order valence-electron chi connectivity index (χ2n) is 6.93. The second kappa shape index (κ2) is 8.78. The van der Waals surface area contributed by atoms with Gasteiger partial charge in [0, 0.05) is 25.3 Å². The number of ketones is 1. The molecule has 0 aliphatic carbocycles. The van der Waals surface area contributed by atoms with Gasteiger partial charge in [-0.3, -0.25) is 4.79 Å². The maximum atomic E-state index is 12.8. The molecule has 0 saturated carbocycles. The van der Waals surface area contributed by atoms with Crippen LogP contribution in [0.15, 0.2) is 59.5 Å². The molecule has 0 spiro atoms. The summed E-state index contributed by atoms with van der Waals surface area (Å²) < 4.78 is 32.9. The van der Waals surface area contributed by atoms with Gasteiger partial charge in [-0.1, -0.05) is 42.5 Å². The van der Waals surface area contributed by atoms with E-state index in [1.54, 1.807) is 12.1 Å². The molecule has 1 fully saturated rings. The quantitative estimate of drug-likeness (QED) is 0.682. The van der Waals surface area contributed by atoms with Crippen molar-refractivity contribution < 1.29 is 17.9 Å². The van der Waals surface area contributed by atoms with E-state index in [0.717, 1.165) is 18.4 Å². The number of carbonyl (C=O) groups is 1. The van der Waals surface area contributed by atoms with Gasteiger partial charge >= 0.3 is 0 Å². The van der Waals surface area contributed by atoms with Gasteiger partial charge in [-0.15, -0.1) is 0 Å². The molecule has 1 aliphatic heterocycles. The summed E-state index contributed by atoms with van der Waals surface area (Å²) in [5.41, 5.74) is 1.66. The molecule has 27 heavy (non-hydrogen) atoms. The lowest BCUT2D eigenvalue weighted by atomic mass is 9.99. The number of Topliss-reactive ketones (excluding diaryl/α,β-unsaturated/α-hetero) is 1. The predicted octanol–water partition coefficient (Wildman–Crippen LogP) is 3.51. The highest BCUT2D eigenvalue weighted by atomic mass is 32.2. The minimum absolute atomic E-state index is 0.0738. The zero-order valence-electron chi connectivity index (χ0n) is 15.5. The number of rotatable bonds is 7. The maximum Gasteiger partial charge on any atom is 0.243 e. The fourth-order valence-electron chi connectivity index (χ4n) is 3.24. The largest absolute Gasteiger partial charge is 0.376 e. The summed E-state index contributed by atoms with van der Waals surface area (Å²) in [5, 5.41) is 0. The summed E-state index contributed by atoms with van der Waals surface area (Å²) >= 11 is 0. The molecule has 0 amide bonds. The van der Waals surface area contributed by atoms with Gasteiger partial charge in [0.1, 0.15) is 0 Å².